The number of aromatic nitrogens is 2. The number of benzene rings is 2. The molecule has 1 aromatic heterocycles. The lowest BCUT2D eigenvalue weighted by atomic mass is 9.69. The van der Waals surface area contributed by atoms with Gasteiger partial charge in [-0.1, -0.05) is 43.3 Å². The van der Waals surface area contributed by atoms with Gasteiger partial charge in [-0.25, -0.2) is 4.68 Å². The van der Waals surface area contributed by atoms with E-state index in [2.05, 4.69) is 11.4 Å². The first-order valence-electron chi connectivity index (χ1n) is 9.29. The van der Waals surface area contributed by atoms with Crippen LogP contribution >= 0.6 is 0 Å². The second-order valence-electron chi connectivity index (χ2n) is 6.93. The van der Waals surface area contributed by atoms with Crippen LogP contribution in [0.25, 0.3) is 5.69 Å². The van der Waals surface area contributed by atoms with Crippen LogP contribution in [0.2, 0.25) is 0 Å². The van der Waals surface area contributed by atoms with E-state index in [0.29, 0.717) is 34.8 Å². The molecular formula is C22H17N5O2. The van der Waals surface area contributed by atoms with Gasteiger partial charge < -0.3 is 15.8 Å². The van der Waals surface area contributed by atoms with Crippen LogP contribution in [0.3, 0.4) is 0 Å². The van der Waals surface area contributed by atoms with Crippen molar-refractivity contribution in [3.05, 3.63) is 82.9 Å². The molecule has 29 heavy (non-hydrogen) atoms. The molecule has 0 fully saturated rings. The lowest BCUT2D eigenvalue weighted by Gasteiger charge is -2.32. The van der Waals surface area contributed by atoms with E-state index in [-0.39, 0.29) is 17.4 Å². The Morgan fingerprint density at radius 2 is 1.93 bits per heavy atom. The molecule has 1 atom stereocenters. The van der Waals surface area contributed by atoms with Crippen molar-refractivity contribution in [1.29, 1.82) is 5.26 Å². The van der Waals surface area contributed by atoms with Crippen LogP contribution in [0.1, 0.15) is 23.7 Å². The maximum absolute atomic E-state index is 13.5. The van der Waals surface area contributed by atoms with Crippen LogP contribution in [0.4, 0.5) is 5.69 Å². The Morgan fingerprint density at radius 3 is 2.66 bits per heavy atom. The van der Waals surface area contributed by atoms with Crippen LogP contribution in [-0.2, 0) is 16.6 Å². The van der Waals surface area contributed by atoms with Gasteiger partial charge in [-0.3, -0.25) is 4.79 Å². The topological polar surface area (TPSA) is 106 Å². The van der Waals surface area contributed by atoms with Gasteiger partial charge in [-0.05, 0) is 24.6 Å². The number of carbonyl (C=O) groups excluding carboxylic acids is 1. The third kappa shape index (κ3) is 2.05. The van der Waals surface area contributed by atoms with E-state index in [1.165, 1.54) is 0 Å². The number of hydrogen-bond acceptors (Lipinski definition) is 5. The van der Waals surface area contributed by atoms with E-state index in [0.717, 1.165) is 5.69 Å². The first-order chi connectivity index (χ1) is 14.1. The third-order valence-electron chi connectivity index (χ3n) is 5.49. The van der Waals surface area contributed by atoms with Crippen molar-refractivity contribution in [2.45, 2.75) is 18.8 Å². The number of carbonyl (C=O) groups is 1. The maximum Gasteiger partial charge on any atom is 0.245 e. The highest BCUT2D eigenvalue weighted by atomic mass is 16.5. The highest BCUT2D eigenvalue weighted by molar-refractivity contribution is 6.12. The summed E-state index contributed by atoms with van der Waals surface area (Å²) < 4.78 is 7.55. The average Bonchev–Trinajstić information content (AvgIpc) is 3.25. The number of nitriles is 1. The molecule has 3 heterocycles. The van der Waals surface area contributed by atoms with E-state index in [1.54, 1.807) is 4.68 Å². The van der Waals surface area contributed by atoms with E-state index >= 15 is 0 Å². The minimum atomic E-state index is -1.39. The Morgan fingerprint density at radius 1 is 1.21 bits per heavy atom. The predicted octanol–water partition coefficient (Wildman–Crippen LogP) is 2.76. The number of nitrogens with two attached hydrogens (primary N) is 1. The maximum atomic E-state index is 13.5. The molecule has 2 aliphatic heterocycles. The number of hydrogen-bond donors (Lipinski definition) is 2. The summed E-state index contributed by atoms with van der Waals surface area (Å²) in [5, 5.41) is 17.6. The molecule has 0 aliphatic carbocycles. The van der Waals surface area contributed by atoms with Crippen LogP contribution in [-0.4, -0.2) is 15.7 Å². The quantitative estimate of drug-likeness (QED) is 0.708. The van der Waals surface area contributed by atoms with Gasteiger partial charge in [-0.15, -0.1) is 0 Å². The zero-order valence-electron chi connectivity index (χ0n) is 15.6. The van der Waals surface area contributed by atoms with Gasteiger partial charge >= 0.3 is 0 Å². The van der Waals surface area contributed by atoms with Crippen molar-refractivity contribution >= 4 is 11.6 Å². The molecule has 0 radical (unpaired) electrons. The van der Waals surface area contributed by atoms with Crippen molar-refractivity contribution < 1.29 is 9.53 Å². The van der Waals surface area contributed by atoms with Gasteiger partial charge in [-0.2, -0.15) is 10.4 Å². The number of ether oxygens (including phenoxy) is 1. The van der Waals surface area contributed by atoms with Crippen molar-refractivity contribution in [3.8, 4) is 17.6 Å². The molecule has 7 heteroatoms. The summed E-state index contributed by atoms with van der Waals surface area (Å²) >= 11 is 0. The molecule has 2 aromatic carbocycles. The number of nitrogens with zero attached hydrogens (tertiary/aromatic N) is 3. The second-order valence-corrected chi connectivity index (χ2v) is 6.93. The minimum absolute atomic E-state index is 0.0785. The van der Waals surface area contributed by atoms with Crippen molar-refractivity contribution in [3.63, 3.8) is 0 Å². The fourth-order valence-electron chi connectivity index (χ4n) is 4.27. The summed E-state index contributed by atoms with van der Waals surface area (Å²) in [7, 11) is 0. The number of para-hydroxylation sites is 2. The Bertz CT molecular complexity index is 1240. The Kier molecular flexibility index (Phi) is 3.52. The van der Waals surface area contributed by atoms with Gasteiger partial charge in [0.2, 0.25) is 17.7 Å². The van der Waals surface area contributed by atoms with Crippen LogP contribution in [0.5, 0.6) is 5.88 Å². The molecular weight excluding hydrogens is 366 g/mol. The molecule has 0 saturated carbocycles. The Labute approximate surface area is 167 Å². The molecule has 5 rings (SSSR count). The Balaban J connectivity index is 1.91. The summed E-state index contributed by atoms with van der Waals surface area (Å²) in [5.74, 6) is -0.0620. The summed E-state index contributed by atoms with van der Waals surface area (Å²) in [6.45, 7) is 1.96. The lowest BCUT2D eigenvalue weighted by molar-refractivity contribution is -0.118. The number of nitrogens with one attached hydrogen (secondary N) is 1. The molecule has 3 N–H and O–H groups in total. The third-order valence-corrected chi connectivity index (χ3v) is 5.49. The van der Waals surface area contributed by atoms with E-state index in [9.17, 15) is 10.1 Å². The number of amides is 1. The average molecular weight is 383 g/mol. The number of aryl methyl sites for hydroxylation is 1. The number of rotatable bonds is 2. The number of fused-ring (bicyclic) bond motifs is 4. The zero-order valence-corrected chi connectivity index (χ0v) is 15.6. The summed E-state index contributed by atoms with van der Waals surface area (Å²) in [4.78, 5) is 13.5. The molecule has 1 amide bonds. The van der Waals surface area contributed by atoms with Gasteiger partial charge in [0.25, 0.3) is 0 Å². The highest BCUT2D eigenvalue weighted by Crippen LogP contribution is 2.54. The SMILES string of the molecule is CCc1nn(-c2ccccc2)c2c1C1(C(=O)Nc3ccccc31)C(C#N)=C(N)O2. The first-order valence-corrected chi connectivity index (χ1v) is 9.29. The highest BCUT2D eigenvalue weighted by Gasteiger charge is 2.58. The van der Waals surface area contributed by atoms with Crippen molar-refractivity contribution in [2.24, 2.45) is 5.73 Å². The van der Waals surface area contributed by atoms with Crippen molar-refractivity contribution in [1.82, 2.24) is 9.78 Å². The van der Waals surface area contributed by atoms with E-state index < -0.39 is 5.41 Å². The van der Waals surface area contributed by atoms with Crippen LogP contribution < -0.4 is 15.8 Å². The molecule has 0 saturated heterocycles. The van der Waals surface area contributed by atoms with Crippen LogP contribution in [0, 0.1) is 11.3 Å². The fourth-order valence-corrected chi connectivity index (χ4v) is 4.27. The summed E-state index contributed by atoms with van der Waals surface area (Å²) in [6.07, 6.45) is 0.557. The normalized spacial score (nSPS) is 19.4. The zero-order chi connectivity index (χ0) is 20.2. The lowest BCUT2D eigenvalue weighted by Crippen LogP contribution is -2.42. The minimum Gasteiger partial charge on any atom is -0.422 e. The summed E-state index contributed by atoms with van der Waals surface area (Å²) in [6, 6.07) is 18.9. The van der Waals surface area contributed by atoms with Gasteiger partial charge in [0.15, 0.2) is 0 Å². The largest absolute Gasteiger partial charge is 0.422 e. The predicted molar refractivity (Wildman–Crippen MR) is 106 cm³/mol. The molecule has 7 nitrogen and oxygen atoms in total. The molecule has 142 valence electrons. The summed E-state index contributed by atoms with van der Waals surface area (Å²) in [5.41, 5.74) is 8.23. The van der Waals surface area contributed by atoms with Crippen LogP contribution in [0.15, 0.2) is 66.1 Å². The fraction of sp³-hybridized carbons (Fsp3) is 0.136. The van der Waals surface area contributed by atoms with Crippen molar-refractivity contribution in [2.75, 3.05) is 5.32 Å². The number of anilines is 1. The standard InChI is InChI=1S/C22H17N5O2/c1-2-16-18-20(27(26-16)13-8-4-3-5-9-13)29-19(24)15(12-23)22(18)14-10-6-7-11-17(14)25-21(22)28/h3-11H,2,24H2,1H3,(H,25,28). The molecule has 1 spiro atoms. The van der Waals surface area contributed by atoms with Gasteiger partial charge in [0.05, 0.1) is 16.9 Å². The molecule has 3 aromatic rings. The molecule has 2 aliphatic rings. The Hall–Kier alpha value is -4.05. The van der Waals surface area contributed by atoms with E-state index in [1.807, 2.05) is 61.5 Å². The smallest absolute Gasteiger partial charge is 0.245 e. The van der Waals surface area contributed by atoms with Gasteiger partial charge in [0.1, 0.15) is 17.1 Å². The van der Waals surface area contributed by atoms with E-state index in [4.69, 9.17) is 15.6 Å². The monoisotopic (exact) mass is 383 g/mol. The first kappa shape index (κ1) is 17.1. The molecule has 0 bridgehead atoms. The second kappa shape index (κ2) is 5.97. The molecule has 1 unspecified atom stereocenters. The van der Waals surface area contributed by atoms with Gasteiger partial charge in [0, 0.05) is 11.3 Å².